The molecule has 0 bridgehead atoms. The first-order valence-electron chi connectivity index (χ1n) is 4.79. The normalized spacial score (nSPS) is 10.7. The summed E-state index contributed by atoms with van der Waals surface area (Å²) in [6, 6.07) is 18.9. The zero-order valence-corrected chi connectivity index (χ0v) is 10.4. The maximum absolute atomic E-state index is 5.13. The molecule has 0 amide bonds. The van der Waals surface area contributed by atoms with Crippen LogP contribution in [0.15, 0.2) is 54.6 Å². The van der Waals surface area contributed by atoms with Crippen molar-refractivity contribution in [3.8, 4) is 5.75 Å². The van der Waals surface area contributed by atoms with Crippen molar-refractivity contribution in [1.29, 1.82) is 0 Å². The van der Waals surface area contributed by atoms with Gasteiger partial charge in [-0.15, -0.1) is 0 Å². The quantitative estimate of drug-likeness (QED) is 0.756. The summed E-state index contributed by atoms with van der Waals surface area (Å²) in [6.07, 6.45) is 0. The van der Waals surface area contributed by atoms with E-state index in [0.717, 1.165) is 5.75 Å². The Morgan fingerprint density at radius 3 is 2.00 bits per heavy atom. The summed E-state index contributed by atoms with van der Waals surface area (Å²) in [7, 11) is 1.69. The molecule has 2 rings (SSSR count). The van der Waals surface area contributed by atoms with Crippen LogP contribution in [0.25, 0.3) is 0 Å². The van der Waals surface area contributed by atoms with Gasteiger partial charge in [0.15, 0.2) is 0 Å². The van der Waals surface area contributed by atoms with Crippen molar-refractivity contribution in [3.05, 3.63) is 54.6 Å². The Morgan fingerprint density at radius 1 is 0.800 bits per heavy atom. The van der Waals surface area contributed by atoms with Gasteiger partial charge in [0.1, 0.15) is 0 Å². The van der Waals surface area contributed by atoms with Crippen LogP contribution in [0.2, 0.25) is 0 Å². The Morgan fingerprint density at radius 2 is 1.40 bits per heavy atom. The SMILES string of the molecule is COc1ccc([As]c2ccccc2)cc1. The molecule has 0 atom stereocenters. The minimum absolute atomic E-state index is 0.106. The Bertz CT molecular complexity index is 408. The summed E-state index contributed by atoms with van der Waals surface area (Å²) in [6.45, 7) is 0. The number of benzene rings is 2. The maximum atomic E-state index is 5.13. The molecule has 0 heterocycles. The molecular weight excluding hydrogens is 247 g/mol. The van der Waals surface area contributed by atoms with Crippen molar-refractivity contribution in [3.63, 3.8) is 0 Å². The van der Waals surface area contributed by atoms with Gasteiger partial charge in [-0.1, -0.05) is 0 Å². The van der Waals surface area contributed by atoms with Gasteiger partial charge in [0.05, 0.1) is 0 Å². The van der Waals surface area contributed by atoms with Crippen molar-refractivity contribution < 1.29 is 4.74 Å². The molecule has 0 spiro atoms. The zero-order chi connectivity index (χ0) is 10.5. The van der Waals surface area contributed by atoms with Crippen molar-refractivity contribution >= 4 is 24.5 Å². The van der Waals surface area contributed by atoms with Crippen molar-refractivity contribution in [1.82, 2.24) is 0 Å². The predicted molar refractivity (Wildman–Crippen MR) is 64.5 cm³/mol. The molecule has 0 saturated heterocycles. The number of ether oxygens (including phenoxy) is 1. The monoisotopic (exact) mass is 259 g/mol. The van der Waals surface area contributed by atoms with Gasteiger partial charge < -0.3 is 0 Å². The molecule has 0 aliphatic heterocycles. The third-order valence-corrected chi connectivity index (χ3v) is 4.42. The molecule has 0 fully saturated rings. The van der Waals surface area contributed by atoms with E-state index < -0.39 is 0 Å². The van der Waals surface area contributed by atoms with E-state index in [1.54, 1.807) is 7.11 Å². The molecule has 0 saturated carbocycles. The number of hydrogen-bond donors (Lipinski definition) is 0. The van der Waals surface area contributed by atoms with E-state index in [-0.39, 0.29) is 15.8 Å². The second-order valence-corrected chi connectivity index (χ2v) is 5.78. The van der Waals surface area contributed by atoms with Crippen LogP contribution in [0.1, 0.15) is 0 Å². The van der Waals surface area contributed by atoms with Crippen LogP contribution < -0.4 is 13.4 Å². The van der Waals surface area contributed by atoms with Crippen molar-refractivity contribution in [2.24, 2.45) is 0 Å². The number of methoxy groups -OCH3 is 1. The summed E-state index contributed by atoms with van der Waals surface area (Å²) in [5.74, 6) is 0.924. The second-order valence-electron chi connectivity index (χ2n) is 3.15. The average Bonchev–Trinajstić information content (AvgIpc) is 2.31. The fraction of sp³-hybridized carbons (Fsp3) is 0.0769. The van der Waals surface area contributed by atoms with E-state index in [4.69, 9.17) is 4.74 Å². The molecule has 1 nitrogen and oxygen atoms in total. The van der Waals surface area contributed by atoms with Gasteiger partial charge in [0, 0.05) is 0 Å². The zero-order valence-electron chi connectivity index (χ0n) is 8.55. The molecule has 2 aromatic rings. The van der Waals surface area contributed by atoms with Crippen LogP contribution in [0, 0.1) is 0 Å². The summed E-state index contributed by atoms with van der Waals surface area (Å²) in [5.41, 5.74) is 0. The van der Waals surface area contributed by atoms with E-state index in [2.05, 4.69) is 42.5 Å². The summed E-state index contributed by atoms with van der Waals surface area (Å²) in [4.78, 5) is 0. The molecule has 15 heavy (non-hydrogen) atoms. The molecule has 1 radical (unpaired) electrons. The molecule has 75 valence electrons. The van der Waals surface area contributed by atoms with Crippen molar-refractivity contribution in [2.45, 2.75) is 0 Å². The summed E-state index contributed by atoms with van der Waals surface area (Å²) in [5, 5.41) is 0. The van der Waals surface area contributed by atoms with E-state index in [9.17, 15) is 0 Å². The van der Waals surface area contributed by atoms with Gasteiger partial charge in [-0.3, -0.25) is 0 Å². The molecule has 2 aromatic carbocycles. The van der Waals surface area contributed by atoms with Gasteiger partial charge in [0.2, 0.25) is 0 Å². The van der Waals surface area contributed by atoms with Gasteiger partial charge >= 0.3 is 96.6 Å². The van der Waals surface area contributed by atoms with Gasteiger partial charge in [-0.05, 0) is 0 Å². The summed E-state index contributed by atoms with van der Waals surface area (Å²) >= 11 is 0.106. The first-order valence-corrected chi connectivity index (χ1v) is 6.67. The molecule has 0 aliphatic rings. The van der Waals surface area contributed by atoms with Crippen molar-refractivity contribution in [2.75, 3.05) is 7.11 Å². The molecule has 0 aliphatic carbocycles. The van der Waals surface area contributed by atoms with Crippen LogP contribution in [0.3, 0.4) is 0 Å². The Balaban J connectivity index is 2.11. The fourth-order valence-corrected chi connectivity index (χ4v) is 3.23. The van der Waals surface area contributed by atoms with E-state index in [1.165, 1.54) is 8.70 Å². The third kappa shape index (κ3) is 2.87. The van der Waals surface area contributed by atoms with E-state index in [0.29, 0.717) is 0 Å². The van der Waals surface area contributed by atoms with Crippen LogP contribution in [0.5, 0.6) is 5.75 Å². The Labute approximate surface area is 96.8 Å². The number of hydrogen-bond acceptors (Lipinski definition) is 1. The van der Waals surface area contributed by atoms with Crippen LogP contribution >= 0.6 is 0 Å². The molecule has 2 heteroatoms. The standard InChI is InChI=1S/C13H12AsO/c1-15-13-9-7-12(8-10-13)14-11-5-3-2-4-6-11/h2-10H,1H3. The van der Waals surface area contributed by atoms with Crippen LogP contribution in [-0.4, -0.2) is 22.9 Å². The first kappa shape index (κ1) is 10.3. The first-order chi connectivity index (χ1) is 7.38. The minimum atomic E-state index is 0.106. The average molecular weight is 259 g/mol. The Hall–Kier alpha value is -1.20. The fourth-order valence-electron chi connectivity index (χ4n) is 1.31. The van der Waals surface area contributed by atoms with Crippen LogP contribution in [0.4, 0.5) is 0 Å². The molecule has 0 unspecified atom stereocenters. The number of rotatable bonds is 3. The second kappa shape index (κ2) is 5.04. The molecule has 0 aromatic heterocycles. The summed E-state index contributed by atoms with van der Waals surface area (Å²) < 4.78 is 7.96. The molecule has 0 N–H and O–H groups in total. The van der Waals surface area contributed by atoms with E-state index in [1.807, 2.05) is 12.1 Å². The topological polar surface area (TPSA) is 9.23 Å². The van der Waals surface area contributed by atoms with Gasteiger partial charge in [-0.2, -0.15) is 0 Å². The third-order valence-electron chi connectivity index (χ3n) is 2.09. The van der Waals surface area contributed by atoms with Gasteiger partial charge in [0.25, 0.3) is 0 Å². The predicted octanol–water partition coefficient (Wildman–Crippen LogP) is 1.35. The van der Waals surface area contributed by atoms with E-state index >= 15 is 0 Å². The van der Waals surface area contributed by atoms with Crippen LogP contribution in [-0.2, 0) is 0 Å². The molecular formula is C13H12AsO. The Kier molecular flexibility index (Phi) is 3.47. The van der Waals surface area contributed by atoms with Gasteiger partial charge in [-0.25, -0.2) is 0 Å².